The van der Waals surface area contributed by atoms with E-state index >= 15 is 0 Å². The number of nitrogens with one attached hydrogen (secondary N) is 1. The fourth-order valence-electron chi connectivity index (χ4n) is 1.49. The van der Waals surface area contributed by atoms with Crippen LogP contribution in [0.3, 0.4) is 0 Å². The molecule has 3 heterocycles. The predicted molar refractivity (Wildman–Crippen MR) is 63.5 cm³/mol. The van der Waals surface area contributed by atoms with Gasteiger partial charge in [-0.3, -0.25) is 9.78 Å². The van der Waals surface area contributed by atoms with Crippen molar-refractivity contribution in [1.29, 1.82) is 0 Å². The van der Waals surface area contributed by atoms with Crippen molar-refractivity contribution in [3.8, 4) is 11.5 Å². The van der Waals surface area contributed by atoms with E-state index in [1.807, 2.05) is 23.6 Å². The first-order valence-corrected chi connectivity index (χ1v) is 5.61. The standard InChI is InChI=1S/C11H7N3OS/c15-10-7-4-6-16-11(7)14-9(13-10)8-3-1-2-5-12-8/h1-6H,(H,13,14,15). The molecule has 0 radical (unpaired) electrons. The Morgan fingerprint density at radius 1 is 1.25 bits per heavy atom. The molecule has 4 nitrogen and oxygen atoms in total. The summed E-state index contributed by atoms with van der Waals surface area (Å²) >= 11 is 1.45. The molecule has 0 unspecified atom stereocenters. The number of thiophene rings is 1. The van der Waals surface area contributed by atoms with E-state index in [1.54, 1.807) is 12.3 Å². The number of nitrogens with zero attached hydrogens (tertiary/aromatic N) is 2. The van der Waals surface area contributed by atoms with Crippen molar-refractivity contribution in [1.82, 2.24) is 15.0 Å². The number of hydrogen-bond donors (Lipinski definition) is 1. The quantitative estimate of drug-likeness (QED) is 0.694. The molecule has 0 saturated heterocycles. The molecule has 0 aliphatic carbocycles. The normalized spacial score (nSPS) is 10.8. The van der Waals surface area contributed by atoms with E-state index in [-0.39, 0.29) is 5.56 Å². The average Bonchev–Trinajstić information content (AvgIpc) is 2.79. The zero-order valence-electron chi connectivity index (χ0n) is 8.18. The van der Waals surface area contributed by atoms with E-state index in [9.17, 15) is 4.79 Å². The maximum atomic E-state index is 11.7. The molecule has 3 aromatic heterocycles. The molecule has 3 rings (SSSR count). The van der Waals surface area contributed by atoms with Crippen LogP contribution in [0.4, 0.5) is 0 Å². The van der Waals surface area contributed by atoms with Gasteiger partial charge < -0.3 is 4.98 Å². The van der Waals surface area contributed by atoms with Crippen LogP contribution in [0.5, 0.6) is 0 Å². The monoisotopic (exact) mass is 229 g/mol. The van der Waals surface area contributed by atoms with Crippen LogP contribution in [-0.2, 0) is 0 Å². The molecular weight excluding hydrogens is 222 g/mol. The molecule has 0 amide bonds. The first-order valence-electron chi connectivity index (χ1n) is 4.73. The molecule has 78 valence electrons. The van der Waals surface area contributed by atoms with E-state index in [1.165, 1.54) is 11.3 Å². The molecule has 5 heteroatoms. The highest BCUT2D eigenvalue weighted by atomic mass is 32.1. The maximum absolute atomic E-state index is 11.7. The molecule has 0 spiro atoms. The van der Waals surface area contributed by atoms with E-state index in [2.05, 4.69) is 15.0 Å². The van der Waals surface area contributed by atoms with Gasteiger partial charge in [0.2, 0.25) is 0 Å². The number of rotatable bonds is 1. The van der Waals surface area contributed by atoms with Gasteiger partial charge in [-0.1, -0.05) is 6.07 Å². The predicted octanol–water partition coefficient (Wildman–Crippen LogP) is 2.05. The fraction of sp³-hybridized carbons (Fsp3) is 0. The summed E-state index contributed by atoms with van der Waals surface area (Å²) in [5, 5.41) is 2.49. The van der Waals surface area contributed by atoms with Crippen LogP contribution in [0.25, 0.3) is 21.7 Å². The van der Waals surface area contributed by atoms with Crippen LogP contribution in [0.15, 0.2) is 40.6 Å². The lowest BCUT2D eigenvalue weighted by Crippen LogP contribution is -2.08. The Hall–Kier alpha value is -2.01. The van der Waals surface area contributed by atoms with E-state index in [0.29, 0.717) is 16.9 Å². The molecule has 3 aromatic rings. The Kier molecular flexibility index (Phi) is 2.04. The van der Waals surface area contributed by atoms with Crippen LogP contribution in [0, 0.1) is 0 Å². The SMILES string of the molecule is O=c1[nH]c(-c2ccccn2)nc2sccc12. The molecule has 0 saturated carbocycles. The molecule has 0 atom stereocenters. The third-order valence-electron chi connectivity index (χ3n) is 2.24. The number of pyridine rings is 1. The minimum absolute atomic E-state index is 0.119. The summed E-state index contributed by atoms with van der Waals surface area (Å²) in [4.78, 5) is 23.7. The van der Waals surface area contributed by atoms with Crippen molar-refractivity contribution < 1.29 is 0 Å². The third kappa shape index (κ3) is 1.42. The van der Waals surface area contributed by atoms with Crippen molar-refractivity contribution in [2.45, 2.75) is 0 Å². The van der Waals surface area contributed by atoms with Crippen molar-refractivity contribution in [2.75, 3.05) is 0 Å². The molecule has 0 bridgehead atoms. The van der Waals surface area contributed by atoms with E-state index in [4.69, 9.17) is 0 Å². The molecule has 0 aliphatic rings. The van der Waals surface area contributed by atoms with Crippen LogP contribution >= 0.6 is 11.3 Å². The lowest BCUT2D eigenvalue weighted by molar-refractivity contribution is 1.15. The highest BCUT2D eigenvalue weighted by Crippen LogP contribution is 2.17. The van der Waals surface area contributed by atoms with Gasteiger partial charge in [-0.05, 0) is 23.6 Å². The smallest absolute Gasteiger partial charge is 0.259 e. The van der Waals surface area contributed by atoms with Crippen LogP contribution in [-0.4, -0.2) is 15.0 Å². The number of aromatic amines is 1. The average molecular weight is 229 g/mol. The molecule has 1 N–H and O–H groups in total. The fourth-order valence-corrected chi connectivity index (χ4v) is 2.25. The Morgan fingerprint density at radius 3 is 3.00 bits per heavy atom. The summed E-state index contributed by atoms with van der Waals surface area (Å²) < 4.78 is 0. The van der Waals surface area contributed by atoms with Gasteiger partial charge in [-0.25, -0.2) is 4.98 Å². The number of H-pyrrole nitrogens is 1. The van der Waals surface area contributed by atoms with Gasteiger partial charge in [0.25, 0.3) is 5.56 Å². The molecule has 0 aromatic carbocycles. The first kappa shape index (κ1) is 9.23. The zero-order chi connectivity index (χ0) is 11.0. The molecular formula is C11H7N3OS. The van der Waals surface area contributed by atoms with Gasteiger partial charge >= 0.3 is 0 Å². The Morgan fingerprint density at radius 2 is 2.19 bits per heavy atom. The van der Waals surface area contributed by atoms with Crippen molar-refractivity contribution >= 4 is 21.6 Å². The Bertz CT molecular complexity index is 687. The van der Waals surface area contributed by atoms with Gasteiger partial charge in [0.1, 0.15) is 10.5 Å². The first-order chi connectivity index (χ1) is 7.84. The van der Waals surface area contributed by atoms with E-state index in [0.717, 1.165) is 4.83 Å². The third-order valence-corrected chi connectivity index (χ3v) is 3.05. The van der Waals surface area contributed by atoms with Gasteiger partial charge in [0.05, 0.1) is 5.39 Å². The van der Waals surface area contributed by atoms with Gasteiger partial charge in [0, 0.05) is 6.20 Å². The maximum Gasteiger partial charge on any atom is 0.259 e. The minimum atomic E-state index is -0.119. The largest absolute Gasteiger partial charge is 0.305 e. The summed E-state index contributed by atoms with van der Waals surface area (Å²) in [5.74, 6) is 0.514. The summed E-state index contributed by atoms with van der Waals surface area (Å²) in [7, 11) is 0. The molecule has 16 heavy (non-hydrogen) atoms. The van der Waals surface area contributed by atoms with Crippen LogP contribution < -0.4 is 5.56 Å². The summed E-state index contributed by atoms with van der Waals surface area (Å²) in [6, 6.07) is 7.28. The second-order valence-electron chi connectivity index (χ2n) is 3.27. The van der Waals surface area contributed by atoms with Gasteiger partial charge in [-0.15, -0.1) is 11.3 Å². The Balaban J connectivity index is 2.30. The minimum Gasteiger partial charge on any atom is -0.305 e. The van der Waals surface area contributed by atoms with Crippen molar-refractivity contribution in [2.24, 2.45) is 0 Å². The van der Waals surface area contributed by atoms with Gasteiger partial charge in [-0.2, -0.15) is 0 Å². The van der Waals surface area contributed by atoms with Crippen LogP contribution in [0.2, 0.25) is 0 Å². The number of hydrogen-bond acceptors (Lipinski definition) is 4. The summed E-state index contributed by atoms with van der Waals surface area (Å²) in [6.07, 6.45) is 1.67. The topological polar surface area (TPSA) is 58.6 Å². The number of fused-ring (bicyclic) bond motifs is 1. The second kappa shape index (κ2) is 3.53. The molecule has 0 fully saturated rings. The Labute approximate surface area is 94.6 Å². The summed E-state index contributed by atoms with van der Waals surface area (Å²) in [6.45, 7) is 0. The second-order valence-corrected chi connectivity index (χ2v) is 4.16. The van der Waals surface area contributed by atoms with Crippen molar-refractivity contribution in [3.63, 3.8) is 0 Å². The lowest BCUT2D eigenvalue weighted by atomic mass is 10.3. The van der Waals surface area contributed by atoms with Crippen molar-refractivity contribution in [3.05, 3.63) is 46.2 Å². The lowest BCUT2D eigenvalue weighted by Gasteiger charge is -1.98. The zero-order valence-corrected chi connectivity index (χ0v) is 8.99. The van der Waals surface area contributed by atoms with Crippen LogP contribution in [0.1, 0.15) is 0 Å². The number of aromatic nitrogens is 3. The summed E-state index contributed by atoms with van der Waals surface area (Å²) in [5.41, 5.74) is 0.557. The van der Waals surface area contributed by atoms with E-state index < -0.39 is 0 Å². The van der Waals surface area contributed by atoms with Gasteiger partial charge in [0.15, 0.2) is 5.82 Å². The highest BCUT2D eigenvalue weighted by Gasteiger charge is 2.06. The highest BCUT2D eigenvalue weighted by molar-refractivity contribution is 7.16. The molecule has 0 aliphatic heterocycles.